The Morgan fingerprint density at radius 1 is 1.34 bits per heavy atom. The first-order valence-electron chi connectivity index (χ1n) is 11.7. The summed E-state index contributed by atoms with van der Waals surface area (Å²) in [4.78, 5) is 40.4. The maximum Gasteiger partial charge on any atom is 0.319 e. The molecule has 0 aromatic carbocycles. The Bertz CT molecular complexity index is 823. The van der Waals surface area contributed by atoms with Crippen LogP contribution in [0.5, 0.6) is 0 Å². The van der Waals surface area contributed by atoms with Crippen LogP contribution in [0.25, 0.3) is 0 Å². The molecule has 178 valence electrons. The molecule has 2 fully saturated rings. The van der Waals surface area contributed by atoms with E-state index in [1.165, 1.54) is 0 Å². The lowest BCUT2D eigenvalue weighted by molar-refractivity contribution is -0.153. The smallest absolute Gasteiger partial charge is 0.319 e. The molecule has 3 aliphatic heterocycles. The van der Waals surface area contributed by atoms with E-state index in [0.717, 1.165) is 6.42 Å². The van der Waals surface area contributed by atoms with Crippen molar-refractivity contribution in [2.24, 2.45) is 29.6 Å². The minimum atomic E-state index is -1.03. The number of aliphatic carboxylic acids is 1. The minimum absolute atomic E-state index is 0.00492. The highest BCUT2D eigenvalue weighted by atomic mass is 16.6. The monoisotopic (exact) mass is 449 g/mol. The molecule has 2 bridgehead atoms. The fourth-order valence-corrected chi connectivity index (χ4v) is 6.25. The molecule has 8 nitrogen and oxygen atoms in total. The van der Waals surface area contributed by atoms with Gasteiger partial charge in [0.15, 0.2) is 0 Å². The van der Waals surface area contributed by atoms with Crippen LogP contribution in [0.3, 0.4) is 0 Å². The summed E-state index contributed by atoms with van der Waals surface area (Å²) in [7, 11) is 3.70. The average Bonchev–Trinajstić information content (AvgIpc) is 3.00. The number of fused-ring (bicyclic) bond motifs is 4. The number of carbonyl (C=O) groups excluding carboxylic acids is 2. The molecular weight excluding hydrogens is 414 g/mol. The van der Waals surface area contributed by atoms with Gasteiger partial charge in [0.2, 0.25) is 0 Å². The second-order valence-corrected chi connectivity index (χ2v) is 10.3. The summed E-state index contributed by atoms with van der Waals surface area (Å²) >= 11 is 0. The lowest BCUT2D eigenvalue weighted by atomic mass is 9.68. The van der Waals surface area contributed by atoms with E-state index in [9.17, 15) is 19.5 Å². The number of carbonyl (C=O) groups is 3. The van der Waals surface area contributed by atoms with E-state index in [1.54, 1.807) is 6.92 Å². The summed E-state index contributed by atoms with van der Waals surface area (Å²) in [6.45, 7) is 6.20. The van der Waals surface area contributed by atoms with Gasteiger partial charge >= 0.3 is 11.9 Å². The van der Waals surface area contributed by atoms with E-state index < -0.39 is 41.3 Å². The second kappa shape index (κ2) is 8.54. The molecule has 0 amide bonds. The molecule has 8 heteroatoms. The molecule has 0 aromatic heterocycles. The lowest BCUT2D eigenvalue weighted by Crippen LogP contribution is -2.52. The van der Waals surface area contributed by atoms with Gasteiger partial charge in [-0.15, -0.1) is 0 Å². The third-order valence-electron chi connectivity index (χ3n) is 7.91. The van der Waals surface area contributed by atoms with E-state index in [0.29, 0.717) is 31.6 Å². The number of Topliss-reactive ketones (excluding diaryl/α,β-unsaturated/α-hetero) is 1. The number of esters is 1. The van der Waals surface area contributed by atoms with Gasteiger partial charge in [0.05, 0.1) is 29.6 Å². The number of ether oxygens (including phenoxy) is 3. The van der Waals surface area contributed by atoms with Crippen LogP contribution < -0.4 is 0 Å². The Morgan fingerprint density at radius 3 is 2.69 bits per heavy atom. The third kappa shape index (κ3) is 3.90. The number of hydrogen-bond acceptors (Lipinski definition) is 7. The SMILES string of the molecule is CCCC(=O)C(C)C(C(=O)O)C1C(N(C)C)C2C=C(OC2=O)C2CCOC2CC2(C)OC12. The maximum absolute atomic E-state index is 13.0. The Balaban J connectivity index is 1.80. The van der Waals surface area contributed by atoms with E-state index in [1.807, 2.05) is 38.9 Å². The number of carboxylic acid groups (broad SMARTS) is 1. The van der Waals surface area contributed by atoms with Crippen LogP contribution in [0.1, 0.15) is 46.5 Å². The summed E-state index contributed by atoms with van der Waals surface area (Å²) < 4.78 is 18.0. The van der Waals surface area contributed by atoms with Crippen LogP contribution in [-0.4, -0.2) is 72.3 Å². The van der Waals surface area contributed by atoms with Crippen LogP contribution in [0.15, 0.2) is 11.8 Å². The van der Waals surface area contributed by atoms with Gasteiger partial charge in [-0.2, -0.15) is 0 Å². The first-order chi connectivity index (χ1) is 15.1. The third-order valence-corrected chi connectivity index (χ3v) is 7.91. The van der Waals surface area contributed by atoms with Gasteiger partial charge in [-0.25, -0.2) is 0 Å². The van der Waals surface area contributed by atoms with Crippen molar-refractivity contribution in [3.8, 4) is 0 Å². The van der Waals surface area contributed by atoms with Crippen molar-refractivity contribution in [2.75, 3.05) is 20.7 Å². The lowest BCUT2D eigenvalue weighted by Gasteiger charge is -2.39. The predicted octanol–water partition coefficient (Wildman–Crippen LogP) is 2.26. The predicted molar refractivity (Wildman–Crippen MR) is 115 cm³/mol. The zero-order valence-electron chi connectivity index (χ0n) is 19.6. The fraction of sp³-hybridized carbons (Fsp3) is 0.792. The van der Waals surface area contributed by atoms with Gasteiger partial charge in [0, 0.05) is 43.2 Å². The number of rotatable bonds is 7. The summed E-state index contributed by atoms with van der Waals surface area (Å²) in [6.07, 6.45) is 3.73. The molecule has 2 saturated heterocycles. The van der Waals surface area contributed by atoms with Crippen molar-refractivity contribution in [1.82, 2.24) is 4.90 Å². The number of carboxylic acids is 1. The highest BCUT2D eigenvalue weighted by molar-refractivity contribution is 5.86. The average molecular weight is 450 g/mol. The van der Waals surface area contributed by atoms with Crippen molar-refractivity contribution in [2.45, 2.75) is 70.3 Å². The van der Waals surface area contributed by atoms with Gasteiger partial charge in [0.25, 0.3) is 0 Å². The molecular formula is C24H35NO7. The maximum atomic E-state index is 13.0. The van der Waals surface area contributed by atoms with Gasteiger partial charge in [-0.1, -0.05) is 13.8 Å². The molecule has 4 rings (SSSR count). The Kier molecular flexibility index (Phi) is 6.24. The highest BCUT2D eigenvalue weighted by Crippen LogP contribution is 2.54. The van der Waals surface area contributed by atoms with Gasteiger partial charge in [-0.05, 0) is 39.9 Å². The Morgan fingerprint density at radius 2 is 2.06 bits per heavy atom. The normalized spacial score (nSPS) is 40.1. The van der Waals surface area contributed by atoms with Crippen LogP contribution in [0.2, 0.25) is 0 Å². The summed E-state index contributed by atoms with van der Waals surface area (Å²) in [6, 6.07) is -0.469. The summed E-state index contributed by atoms with van der Waals surface area (Å²) in [5, 5.41) is 10.3. The first-order valence-corrected chi connectivity index (χ1v) is 11.7. The van der Waals surface area contributed by atoms with E-state index in [2.05, 4.69) is 0 Å². The van der Waals surface area contributed by atoms with Crippen molar-refractivity contribution in [3.63, 3.8) is 0 Å². The second-order valence-electron chi connectivity index (χ2n) is 10.3. The Labute approximate surface area is 189 Å². The first kappa shape index (κ1) is 23.4. The molecule has 9 unspecified atom stereocenters. The highest BCUT2D eigenvalue weighted by Gasteiger charge is 2.65. The molecule has 1 N–H and O–H groups in total. The quantitative estimate of drug-likeness (QED) is 0.466. The van der Waals surface area contributed by atoms with E-state index in [4.69, 9.17) is 14.2 Å². The largest absolute Gasteiger partial charge is 0.481 e. The molecule has 0 radical (unpaired) electrons. The minimum Gasteiger partial charge on any atom is -0.481 e. The number of nitrogens with zero attached hydrogens (tertiary/aromatic N) is 1. The van der Waals surface area contributed by atoms with Crippen LogP contribution in [0.4, 0.5) is 0 Å². The molecule has 9 atom stereocenters. The number of hydrogen-bond donors (Lipinski definition) is 1. The van der Waals surface area contributed by atoms with Gasteiger partial charge in [0.1, 0.15) is 11.5 Å². The summed E-state index contributed by atoms with van der Waals surface area (Å²) in [5.74, 6) is -3.66. The van der Waals surface area contributed by atoms with Crippen LogP contribution >= 0.6 is 0 Å². The zero-order chi connectivity index (χ0) is 23.4. The van der Waals surface area contributed by atoms with Crippen LogP contribution in [0, 0.1) is 29.6 Å². The zero-order valence-corrected chi connectivity index (χ0v) is 19.6. The van der Waals surface area contributed by atoms with Crippen molar-refractivity contribution >= 4 is 17.7 Å². The van der Waals surface area contributed by atoms with E-state index >= 15 is 0 Å². The molecule has 0 aromatic rings. The topological polar surface area (TPSA) is 106 Å². The van der Waals surface area contributed by atoms with Gasteiger partial charge < -0.3 is 24.2 Å². The Hall–Kier alpha value is -1.77. The fourth-order valence-electron chi connectivity index (χ4n) is 6.25. The molecule has 4 aliphatic rings. The molecule has 3 heterocycles. The van der Waals surface area contributed by atoms with Crippen molar-refractivity contribution < 1.29 is 33.7 Å². The number of epoxide rings is 1. The standard InChI is InChI=1S/C24H35NO7/c1-6-7-15(26)12(2)18(22(27)28)19-20(25(4)5)14-10-16(31-23(14)29)13-8-9-30-17(13)11-24(3)21(19)32-24/h10,12-14,17-21H,6-9,11H2,1-5H3,(H,27,28). The molecule has 1 aliphatic carbocycles. The van der Waals surface area contributed by atoms with E-state index in [-0.39, 0.29) is 29.9 Å². The molecule has 32 heavy (non-hydrogen) atoms. The van der Waals surface area contributed by atoms with Crippen LogP contribution in [-0.2, 0) is 28.6 Å². The number of ketones is 1. The van der Waals surface area contributed by atoms with Crippen molar-refractivity contribution in [3.05, 3.63) is 11.8 Å². The van der Waals surface area contributed by atoms with Crippen molar-refractivity contribution in [1.29, 1.82) is 0 Å². The molecule has 0 spiro atoms. The van der Waals surface area contributed by atoms with Gasteiger partial charge in [-0.3, -0.25) is 14.4 Å². The summed E-state index contributed by atoms with van der Waals surface area (Å²) in [5.41, 5.74) is -0.562. The molecule has 0 saturated carbocycles.